The molecule has 1 aromatic carbocycles. The average Bonchev–Trinajstić information content (AvgIpc) is 2.75. The van der Waals surface area contributed by atoms with Crippen LogP contribution in [0.2, 0.25) is 0 Å². The lowest BCUT2D eigenvalue weighted by Gasteiger charge is -1.99. The van der Waals surface area contributed by atoms with Crippen LogP contribution in [0, 0.1) is 10.1 Å². The summed E-state index contributed by atoms with van der Waals surface area (Å²) in [6, 6.07) is 4.58. The average molecular weight is 283 g/mol. The molecule has 2 aromatic rings. The molecule has 1 N–H and O–H groups in total. The van der Waals surface area contributed by atoms with E-state index in [-0.39, 0.29) is 5.69 Å². The first kappa shape index (κ1) is 13.5. The molecular weight excluding hydrogens is 270 g/mol. The van der Waals surface area contributed by atoms with Crippen molar-refractivity contribution in [3.63, 3.8) is 0 Å². The van der Waals surface area contributed by atoms with Crippen molar-refractivity contribution in [2.75, 3.05) is 23.9 Å². The number of nitro groups is 1. The maximum Gasteiger partial charge on any atom is 0.295 e. The Morgan fingerprint density at radius 2 is 2.32 bits per heavy atom. The summed E-state index contributed by atoms with van der Waals surface area (Å²) in [6.45, 7) is 0.592. The smallest absolute Gasteiger partial charge is 0.295 e. The monoisotopic (exact) mass is 283 g/mol. The molecule has 1 heterocycles. The highest BCUT2D eigenvalue weighted by Crippen LogP contribution is 2.23. The number of nitrogens with one attached hydrogen (secondary N) is 1. The van der Waals surface area contributed by atoms with E-state index in [1.807, 2.05) is 0 Å². The van der Waals surface area contributed by atoms with E-state index in [0.717, 1.165) is 6.42 Å². The van der Waals surface area contributed by atoms with Crippen molar-refractivity contribution in [1.82, 2.24) is 4.98 Å². The summed E-state index contributed by atoms with van der Waals surface area (Å²) in [5, 5.41) is 13.6. The summed E-state index contributed by atoms with van der Waals surface area (Å²) >= 11 is 0. The van der Waals surface area contributed by atoms with E-state index in [1.165, 1.54) is 18.2 Å². The molecule has 0 fully saturated rings. The molecule has 8 heteroatoms. The van der Waals surface area contributed by atoms with Crippen molar-refractivity contribution >= 4 is 33.6 Å². The van der Waals surface area contributed by atoms with Gasteiger partial charge in [-0.25, -0.2) is 0 Å². The van der Waals surface area contributed by atoms with Gasteiger partial charge in [0.1, 0.15) is 5.52 Å². The van der Waals surface area contributed by atoms with E-state index >= 15 is 0 Å². The number of hydrogen-bond donors (Lipinski definition) is 1. The van der Waals surface area contributed by atoms with Gasteiger partial charge in [-0.05, 0) is 12.5 Å². The van der Waals surface area contributed by atoms with E-state index < -0.39 is 15.7 Å². The van der Waals surface area contributed by atoms with Crippen molar-refractivity contribution in [2.45, 2.75) is 6.42 Å². The number of benzene rings is 1. The van der Waals surface area contributed by atoms with Gasteiger partial charge in [0.15, 0.2) is 5.58 Å². The molecule has 7 nitrogen and oxygen atoms in total. The first-order valence-corrected chi connectivity index (χ1v) is 7.38. The summed E-state index contributed by atoms with van der Waals surface area (Å²) in [5.74, 6) is 0.610. The van der Waals surface area contributed by atoms with Crippen molar-refractivity contribution in [2.24, 2.45) is 0 Å². The molecule has 0 aliphatic heterocycles. The van der Waals surface area contributed by atoms with Crippen LogP contribution in [0.15, 0.2) is 22.6 Å². The van der Waals surface area contributed by atoms with E-state index in [1.54, 1.807) is 6.26 Å². The Morgan fingerprint density at radius 1 is 1.53 bits per heavy atom. The van der Waals surface area contributed by atoms with E-state index in [2.05, 4.69) is 10.3 Å². The zero-order valence-electron chi connectivity index (χ0n) is 10.3. The SMILES string of the molecule is CS(=O)CCCNc1nc2cc([N+](=O)[O-])ccc2o1. The summed E-state index contributed by atoms with van der Waals surface area (Å²) in [4.78, 5) is 14.3. The fourth-order valence-electron chi connectivity index (χ4n) is 1.58. The van der Waals surface area contributed by atoms with Gasteiger partial charge < -0.3 is 9.73 Å². The number of rotatable bonds is 6. The number of nitro benzene ring substituents is 1. The lowest BCUT2D eigenvalue weighted by atomic mass is 10.3. The first-order valence-electron chi connectivity index (χ1n) is 5.65. The van der Waals surface area contributed by atoms with E-state index in [0.29, 0.717) is 29.4 Å². The van der Waals surface area contributed by atoms with Gasteiger partial charge in [0.2, 0.25) is 0 Å². The van der Waals surface area contributed by atoms with Crippen LogP contribution in [-0.2, 0) is 10.8 Å². The molecule has 2 rings (SSSR count). The minimum Gasteiger partial charge on any atom is -0.424 e. The van der Waals surface area contributed by atoms with Crippen molar-refractivity contribution < 1.29 is 13.5 Å². The van der Waals surface area contributed by atoms with Gasteiger partial charge in [0.25, 0.3) is 11.7 Å². The summed E-state index contributed by atoms with van der Waals surface area (Å²) < 4.78 is 16.3. The topological polar surface area (TPSA) is 98.3 Å². The largest absolute Gasteiger partial charge is 0.424 e. The predicted octanol–water partition coefficient (Wildman–Crippen LogP) is 1.92. The number of oxazole rings is 1. The number of fused-ring (bicyclic) bond motifs is 1. The molecule has 0 amide bonds. The number of non-ortho nitro benzene ring substituents is 1. The maximum atomic E-state index is 10.9. The normalized spacial score (nSPS) is 12.5. The highest BCUT2D eigenvalue weighted by molar-refractivity contribution is 7.84. The fraction of sp³-hybridized carbons (Fsp3) is 0.364. The molecule has 0 saturated carbocycles. The Bertz CT molecular complexity index is 625. The molecule has 0 aliphatic carbocycles. The molecular formula is C11H13N3O4S. The molecule has 1 aromatic heterocycles. The molecule has 0 aliphatic rings. The van der Waals surface area contributed by atoms with Crippen LogP contribution in [0.25, 0.3) is 11.1 Å². The van der Waals surface area contributed by atoms with Crippen LogP contribution in [0.1, 0.15) is 6.42 Å². The highest BCUT2D eigenvalue weighted by atomic mass is 32.2. The number of aromatic nitrogens is 1. The number of nitrogens with zero attached hydrogens (tertiary/aromatic N) is 2. The van der Waals surface area contributed by atoms with Gasteiger partial charge >= 0.3 is 0 Å². The van der Waals surface area contributed by atoms with Crippen LogP contribution in [0.3, 0.4) is 0 Å². The van der Waals surface area contributed by atoms with Crippen LogP contribution >= 0.6 is 0 Å². The van der Waals surface area contributed by atoms with Crippen LogP contribution in [-0.4, -0.2) is 32.7 Å². The summed E-state index contributed by atoms with van der Waals surface area (Å²) in [7, 11) is -0.813. The lowest BCUT2D eigenvalue weighted by molar-refractivity contribution is -0.384. The Morgan fingerprint density at radius 3 is 3.00 bits per heavy atom. The van der Waals surface area contributed by atoms with Gasteiger partial charge in [0, 0.05) is 41.5 Å². The van der Waals surface area contributed by atoms with Crippen molar-refractivity contribution in [1.29, 1.82) is 0 Å². The fourth-order valence-corrected chi connectivity index (χ4v) is 2.13. The number of anilines is 1. The Labute approximate surface area is 111 Å². The van der Waals surface area contributed by atoms with Gasteiger partial charge in [-0.1, -0.05) is 0 Å². The quantitative estimate of drug-likeness (QED) is 0.494. The molecule has 1 unspecified atom stereocenters. The van der Waals surface area contributed by atoms with Gasteiger partial charge in [-0.3, -0.25) is 14.3 Å². The summed E-state index contributed by atoms with van der Waals surface area (Å²) in [6.07, 6.45) is 2.39. The minimum atomic E-state index is -0.813. The molecule has 0 bridgehead atoms. The number of hydrogen-bond acceptors (Lipinski definition) is 6. The zero-order valence-corrected chi connectivity index (χ0v) is 11.1. The third-order valence-corrected chi connectivity index (χ3v) is 3.33. The van der Waals surface area contributed by atoms with E-state index in [4.69, 9.17) is 4.42 Å². The second kappa shape index (κ2) is 5.79. The first-order chi connectivity index (χ1) is 9.06. The lowest BCUT2D eigenvalue weighted by Crippen LogP contribution is -2.06. The maximum absolute atomic E-state index is 10.9. The minimum absolute atomic E-state index is 0.0197. The van der Waals surface area contributed by atoms with Crippen LogP contribution < -0.4 is 5.32 Å². The van der Waals surface area contributed by atoms with E-state index in [9.17, 15) is 14.3 Å². The molecule has 0 radical (unpaired) electrons. The molecule has 1 atom stereocenters. The Hall–Kier alpha value is -1.96. The Kier molecular flexibility index (Phi) is 4.10. The Balaban J connectivity index is 2.04. The molecule has 19 heavy (non-hydrogen) atoms. The van der Waals surface area contributed by atoms with Crippen molar-refractivity contribution in [3.05, 3.63) is 28.3 Å². The van der Waals surface area contributed by atoms with Crippen LogP contribution in [0.4, 0.5) is 11.7 Å². The highest BCUT2D eigenvalue weighted by Gasteiger charge is 2.11. The zero-order chi connectivity index (χ0) is 13.8. The van der Waals surface area contributed by atoms with Gasteiger partial charge in [0.05, 0.1) is 4.92 Å². The standard InChI is InChI=1S/C11H13N3O4S/c1-19(17)6-2-5-12-11-13-9-7-8(14(15)16)3-4-10(9)18-11/h3-4,7H,2,5-6H2,1H3,(H,12,13). The second-order valence-corrected chi connectivity index (χ2v) is 5.54. The molecule has 102 valence electrons. The molecule has 0 spiro atoms. The van der Waals surface area contributed by atoms with Crippen LogP contribution in [0.5, 0.6) is 0 Å². The molecule has 0 saturated heterocycles. The third kappa shape index (κ3) is 3.50. The third-order valence-electron chi connectivity index (χ3n) is 2.47. The van der Waals surface area contributed by atoms with Gasteiger partial charge in [-0.2, -0.15) is 4.98 Å². The summed E-state index contributed by atoms with van der Waals surface area (Å²) in [5.41, 5.74) is 0.914. The van der Waals surface area contributed by atoms with Crippen molar-refractivity contribution in [3.8, 4) is 0 Å². The van der Waals surface area contributed by atoms with Gasteiger partial charge in [-0.15, -0.1) is 0 Å². The second-order valence-electron chi connectivity index (χ2n) is 3.99. The predicted molar refractivity (Wildman–Crippen MR) is 72.7 cm³/mol.